The molecule has 2 rings (SSSR count). The van der Waals surface area contributed by atoms with Gasteiger partial charge in [-0.3, -0.25) is 4.98 Å². The second kappa shape index (κ2) is 6.07. The lowest BCUT2D eigenvalue weighted by Gasteiger charge is -2.14. The van der Waals surface area contributed by atoms with Crippen LogP contribution in [-0.2, 0) is 0 Å². The topological polar surface area (TPSA) is 37.0 Å². The number of nitrogens with one attached hydrogen (secondary N) is 2. The number of hydrogen-bond donors (Lipinski definition) is 2. The molecule has 0 radical (unpaired) electrons. The highest BCUT2D eigenvalue weighted by Gasteiger charge is 2.08. The minimum absolute atomic E-state index is 0.223. The third-order valence-electron chi connectivity index (χ3n) is 2.52. The first-order valence-electron chi connectivity index (χ1n) is 5.89. The fourth-order valence-corrected chi connectivity index (χ4v) is 2.77. The van der Waals surface area contributed by atoms with Crippen LogP contribution in [0.2, 0.25) is 4.34 Å². The molecule has 0 saturated heterocycles. The van der Waals surface area contributed by atoms with Gasteiger partial charge in [-0.2, -0.15) is 0 Å². The predicted molar refractivity (Wildman–Crippen MR) is 79.8 cm³/mol. The minimum Gasteiger partial charge on any atom is -0.384 e. The number of hydrogen-bond acceptors (Lipinski definition) is 4. The largest absolute Gasteiger partial charge is 0.384 e. The van der Waals surface area contributed by atoms with Crippen molar-refractivity contribution in [2.75, 3.05) is 17.2 Å². The molecule has 0 spiro atoms. The Kier molecular flexibility index (Phi) is 4.44. The van der Waals surface area contributed by atoms with Crippen molar-refractivity contribution in [3.8, 4) is 0 Å². The Morgan fingerprint density at radius 1 is 1.33 bits per heavy atom. The molecule has 18 heavy (non-hydrogen) atoms. The molecule has 96 valence electrons. The van der Waals surface area contributed by atoms with E-state index in [1.165, 1.54) is 4.88 Å². The lowest BCUT2D eigenvalue weighted by Crippen LogP contribution is -2.06. The van der Waals surface area contributed by atoms with E-state index in [0.29, 0.717) is 0 Å². The van der Waals surface area contributed by atoms with Crippen LogP contribution in [-0.4, -0.2) is 11.5 Å². The van der Waals surface area contributed by atoms with Crippen LogP contribution in [0, 0.1) is 0 Å². The molecule has 0 aliphatic heterocycles. The zero-order valence-electron chi connectivity index (χ0n) is 10.4. The van der Waals surface area contributed by atoms with Crippen LogP contribution in [0.3, 0.4) is 0 Å². The molecule has 3 nitrogen and oxygen atoms in total. The summed E-state index contributed by atoms with van der Waals surface area (Å²) < 4.78 is 0.818. The Morgan fingerprint density at radius 2 is 2.11 bits per heavy atom. The zero-order chi connectivity index (χ0) is 13.0. The van der Waals surface area contributed by atoms with Gasteiger partial charge in [0.05, 0.1) is 34.1 Å². The molecule has 0 saturated carbocycles. The van der Waals surface area contributed by atoms with Gasteiger partial charge in [0.25, 0.3) is 0 Å². The molecule has 0 aliphatic rings. The first-order chi connectivity index (χ1) is 8.69. The van der Waals surface area contributed by atoms with E-state index in [-0.39, 0.29) is 6.04 Å². The smallest absolute Gasteiger partial charge is 0.0932 e. The molecule has 1 unspecified atom stereocenters. The maximum absolute atomic E-state index is 5.94. The molecule has 2 heterocycles. The van der Waals surface area contributed by atoms with Crippen LogP contribution < -0.4 is 10.6 Å². The van der Waals surface area contributed by atoms with E-state index in [9.17, 15) is 0 Å². The van der Waals surface area contributed by atoms with Crippen LogP contribution in [0.15, 0.2) is 30.6 Å². The van der Waals surface area contributed by atoms with Gasteiger partial charge in [-0.1, -0.05) is 11.6 Å². The van der Waals surface area contributed by atoms with E-state index >= 15 is 0 Å². The number of nitrogens with zero attached hydrogens (tertiary/aromatic N) is 1. The van der Waals surface area contributed by atoms with Crippen molar-refractivity contribution in [3.05, 3.63) is 39.8 Å². The van der Waals surface area contributed by atoms with Gasteiger partial charge in [-0.15, -0.1) is 11.3 Å². The molecule has 0 fully saturated rings. The van der Waals surface area contributed by atoms with Crippen LogP contribution in [0.4, 0.5) is 11.4 Å². The molecule has 2 aromatic heterocycles. The first-order valence-corrected chi connectivity index (χ1v) is 7.09. The third kappa shape index (κ3) is 3.37. The maximum atomic E-state index is 5.94. The van der Waals surface area contributed by atoms with Gasteiger partial charge in [0.2, 0.25) is 0 Å². The monoisotopic (exact) mass is 281 g/mol. The zero-order valence-corrected chi connectivity index (χ0v) is 12.0. The highest BCUT2D eigenvalue weighted by molar-refractivity contribution is 7.16. The van der Waals surface area contributed by atoms with Crippen molar-refractivity contribution in [2.24, 2.45) is 0 Å². The van der Waals surface area contributed by atoms with Crippen molar-refractivity contribution >= 4 is 34.3 Å². The highest BCUT2D eigenvalue weighted by atomic mass is 35.5. The van der Waals surface area contributed by atoms with E-state index in [4.69, 9.17) is 11.6 Å². The Labute approximate surface area is 116 Å². The molecule has 1 atom stereocenters. The summed E-state index contributed by atoms with van der Waals surface area (Å²) in [4.78, 5) is 5.42. The number of rotatable bonds is 5. The molecule has 0 aliphatic carbocycles. The quantitative estimate of drug-likeness (QED) is 0.853. The molecule has 2 N–H and O–H groups in total. The third-order valence-corrected chi connectivity index (χ3v) is 3.94. The van der Waals surface area contributed by atoms with Gasteiger partial charge in [0.1, 0.15) is 0 Å². The fraction of sp³-hybridized carbons (Fsp3) is 0.308. The molecule has 0 amide bonds. The maximum Gasteiger partial charge on any atom is 0.0932 e. The van der Waals surface area contributed by atoms with Crippen LogP contribution >= 0.6 is 22.9 Å². The van der Waals surface area contributed by atoms with Crippen LogP contribution in [0.1, 0.15) is 24.8 Å². The predicted octanol–water partition coefficient (Wildman–Crippen LogP) is 4.40. The SMILES string of the molecule is CCNc1cncc(NC(C)c2ccc(Cl)s2)c1. The number of halogens is 1. The fourth-order valence-electron chi connectivity index (χ4n) is 1.70. The Hall–Kier alpha value is -1.26. The van der Waals surface area contributed by atoms with Gasteiger partial charge in [-0.05, 0) is 32.0 Å². The summed E-state index contributed by atoms with van der Waals surface area (Å²) in [5.74, 6) is 0. The molecular weight excluding hydrogens is 266 g/mol. The molecule has 5 heteroatoms. The van der Waals surface area contributed by atoms with E-state index in [2.05, 4.69) is 35.5 Å². The Balaban J connectivity index is 2.06. The number of anilines is 2. The average molecular weight is 282 g/mol. The number of thiophene rings is 1. The van der Waals surface area contributed by atoms with Gasteiger partial charge < -0.3 is 10.6 Å². The van der Waals surface area contributed by atoms with E-state index in [1.54, 1.807) is 11.3 Å². The molecule has 2 aromatic rings. The normalized spacial score (nSPS) is 12.2. The highest BCUT2D eigenvalue weighted by Crippen LogP contribution is 2.29. The van der Waals surface area contributed by atoms with Crippen molar-refractivity contribution in [1.82, 2.24) is 4.98 Å². The first kappa shape index (κ1) is 13.2. The minimum atomic E-state index is 0.223. The lowest BCUT2D eigenvalue weighted by molar-refractivity contribution is 0.906. The molecule has 0 aromatic carbocycles. The molecular formula is C13H16ClN3S. The summed E-state index contributed by atoms with van der Waals surface area (Å²) in [6, 6.07) is 6.25. The van der Waals surface area contributed by atoms with Crippen molar-refractivity contribution in [2.45, 2.75) is 19.9 Å². The number of aromatic nitrogens is 1. The van der Waals surface area contributed by atoms with E-state index in [0.717, 1.165) is 22.3 Å². The van der Waals surface area contributed by atoms with Crippen molar-refractivity contribution in [3.63, 3.8) is 0 Å². The average Bonchev–Trinajstić information content (AvgIpc) is 2.77. The van der Waals surface area contributed by atoms with Gasteiger partial charge in [0, 0.05) is 11.4 Å². The van der Waals surface area contributed by atoms with Gasteiger partial charge in [-0.25, -0.2) is 0 Å². The van der Waals surface area contributed by atoms with Gasteiger partial charge >= 0.3 is 0 Å². The second-order valence-corrected chi connectivity index (χ2v) is 5.75. The van der Waals surface area contributed by atoms with Gasteiger partial charge in [0.15, 0.2) is 0 Å². The van der Waals surface area contributed by atoms with Crippen molar-refractivity contribution in [1.29, 1.82) is 0 Å². The summed E-state index contributed by atoms with van der Waals surface area (Å²) >= 11 is 7.54. The summed E-state index contributed by atoms with van der Waals surface area (Å²) in [6.07, 6.45) is 3.65. The summed E-state index contributed by atoms with van der Waals surface area (Å²) in [5.41, 5.74) is 2.03. The Morgan fingerprint density at radius 3 is 2.78 bits per heavy atom. The van der Waals surface area contributed by atoms with E-state index in [1.807, 2.05) is 24.5 Å². The second-order valence-electron chi connectivity index (χ2n) is 4.00. The molecule has 0 bridgehead atoms. The lowest BCUT2D eigenvalue weighted by atomic mass is 10.2. The van der Waals surface area contributed by atoms with Crippen molar-refractivity contribution < 1.29 is 0 Å². The van der Waals surface area contributed by atoms with E-state index < -0.39 is 0 Å². The number of pyridine rings is 1. The summed E-state index contributed by atoms with van der Waals surface area (Å²) in [7, 11) is 0. The van der Waals surface area contributed by atoms with Crippen LogP contribution in [0.25, 0.3) is 0 Å². The standard InChI is InChI=1S/C13H16ClN3S/c1-3-16-10-6-11(8-15-7-10)17-9(2)12-4-5-13(14)18-12/h4-9,16-17H,3H2,1-2H3. The Bertz CT molecular complexity index is 512. The summed E-state index contributed by atoms with van der Waals surface area (Å²) in [6.45, 7) is 5.07. The van der Waals surface area contributed by atoms with Crippen LogP contribution in [0.5, 0.6) is 0 Å². The summed E-state index contributed by atoms with van der Waals surface area (Å²) in [5, 5.41) is 6.66.